The van der Waals surface area contributed by atoms with Crippen molar-refractivity contribution in [3.8, 4) is 5.88 Å². The van der Waals surface area contributed by atoms with Crippen LogP contribution in [0.5, 0.6) is 5.88 Å². The Hall–Kier alpha value is -2.08. The van der Waals surface area contributed by atoms with Gasteiger partial charge in [-0.1, -0.05) is 15.9 Å². The van der Waals surface area contributed by atoms with Crippen molar-refractivity contribution in [3.63, 3.8) is 0 Å². The van der Waals surface area contributed by atoms with Gasteiger partial charge in [-0.2, -0.15) is 0 Å². The predicted molar refractivity (Wildman–Crippen MR) is 81.9 cm³/mol. The zero-order valence-electron chi connectivity index (χ0n) is 10.9. The third kappa shape index (κ3) is 3.48. The second kappa shape index (κ2) is 6.38. The SMILES string of the molecule is CCOc1ncccc1NC(=O)c1cc(N)cc(Br)c1. The highest BCUT2D eigenvalue weighted by atomic mass is 79.9. The number of aromatic nitrogens is 1. The Morgan fingerprint density at radius 2 is 2.25 bits per heavy atom. The molecule has 1 aromatic heterocycles. The van der Waals surface area contributed by atoms with Crippen molar-refractivity contribution in [2.45, 2.75) is 6.92 Å². The van der Waals surface area contributed by atoms with Crippen molar-refractivity contribution in [3.05, 3.63) is 46.6 Å². The lowest BCUT2D eigenvalue weighted by Crippen LogP contribution is -2.13. The Balaban J connectivity index is 2.23. The van der Waals surface area contributed by atoms with E-state index in [9.17, 15) is 4.79 Å². The van der Waals surface area contributed by atoms with Gasteiger partial charge in [-0.15, -0.1) is 0 Å². The van der Waals surface area contributed by atoms with Gasteiger partial charge in [0, 0.05) is 21.9 Å². The first kappa shape index (κ1) is 14.3. The van der Waals surface area contributed by atoms with Crippen LogP contribution in [0.2, 0.25) is 0 Å². The van der Waals surface area contributed by atoms with Gasteiger partial charge in [0.2, 0.25) is 5.88 Å². The Labute approximate surface area is 125 Å². The Morgan fingerprint density at radius 3 is 2.95 bits per heavy atom. The number of hydrogen-bond acceptors (Lipinski definition) is 4. The molecule has 1 aromatic carbocycles. The summed E-state index contributed by atoms with van der Waals surface area (Å²) in [4.78, 5) is 16.3. The molecular weight excluding hydrogens is 322 g/mol. The maximum Gasteiger partial charge on any atom is 0.255 e. The van der Waals surface area contributed by atoms with E-state index in [2.05, 4.69) is 26.2 Å². The number of amides is 1. The van der Waals surface area contributed by atoms with E-state index < -0.39 is 0 Å². The molecule has 20 heavy (non-hydrogen) atoms. The number of carbonyl (C=O) groups excluding carboxylic acids is 1. The van der Waals surface area contributed by atoms with Gasteiger partial charge < -0.3 is 15.8 Å². The number of pyridine rings is 1. The molecule has 0 aliphatic carbocycles. The lowest BCUT2D eigenvalue weighted by molar-refractivity contribution is 0.102. The molecule has 0 saturated heterocycles. The summed E-state index contributed by atoms with van der Waals surface area (Å²) in [7, 11) is 0. The van der Waals surface area contributed by atoms with Crippen LogP contribution in [0.25, 0.3) is 0 Å². The van der Waals surface area contributed by atoms with Gasteiger partial charge in [0.05, 0.1) is 6.61 Å². The molecule has 5 nitrogen and oxygen atoms in total. The highest BCUT2D eigenvalue weighted by Gasteiger charge is 2.11. The summed E-state index contributed by atoms with van der Waals surface area (Å²) in [5.74, 6) is 0.123. The van der Waals surface area contributed by atoms with Gasteiger partial charge in [-0.05, 0) is 37.3 Å². The van der Waals surface area contributed by atoms with Gasteiger partial charge in [0.25, 0.3) is 5.91 Å². The van der Waals surface area contributed by atoms with E-state index in [1.54, 1.807) is 36.5 Å². The Kier molecular flexibility index (Phi) is 4.57. The van der Waals surface area contributed by atoms with Crippen molar-refractivity contribution in [1.29, 1.82) is 0 Å². The maximum atomic E-state index is 12.2. The lowest BCUT2D eigenvalue weighted by atomic mass is 10.2. The number of rotatable bonds is 4. The minimum absolute atomic E-state index is 0.271. The monoisotopic (exact) mass is 335 g/mol. The van der Waals surface area contributed by atoms with Crippen LogP contribution in [0.1, 0.15) is 17.3 Å². The molecule has 3 N–H and O–H groups in total. The van der Waals surface area contributed by atoms with Crippen LogP contribution in [-0.4, -0.2) is 17.5 Å². The molecule has 0 spiro atoms. The highest BCUT2D eigenvalue weighted by Crippen LogP contribution is 2.23. The maximum absolute atomic E-state index is 12.2. The summed E-state index contributed by atoms with van der Waals surface area (Å²) < 4.78 is 6.11. The fourth-order valence-corrected chi connectivity index (χ4v) is 2.19. The molecule has 0 aliphatic heterocycles. The summed E-state index contributed by atoms with van der Waals surface area (Å²) >= 11 is 3.31. The van der Waals surface area contributed by atoms with E-state index in [1.165, 1.54) is 0 Å². The molecule has 0 saturated carbocycles. The number of carbonyl (C=O) groups is 1. The van der Waals surface area contributed by atoms with Gasteiger partial charge >= 0.3 is 0 Å². The molecule has 0 atom stereocenters. The summed E-state index contributed by atoms with van der Waals surface area (Å²) in [6, 6.07) is 8.50. The molecule has 0 radical (unpaired) electrons. The van der Waals surface area contributed by atoms with Crippen LogP contribution in [0.15, 0.2) is 41.0 Å². The highest BCUT2D eigenvalue weighted by molar-refractivity contribution is 9.10. The Bertz CT molecular complexity index is 611. The van der Waals surface area contributed by atoms with E-state index >= 15 is 0 Å². The van der Waals surface area contributed by atoms with E-state index in [0.717, 1.165) is 4.47 Å². The first-order valence-electron chi connectivity index (χ1n) is 6.05. The number of nitrogens with zero attached hydrogens (tertiary/aromatic N) is 1. The van der Waals surface area contributed by atoms with Crippen LogP contribution in [0.3, 0.4) is 0 Å². The first-order valence-corrected chi connectivity index (χ1v) is 6.84. The fourth-order valence-electron chi connectivity index (χ4n) is 1.68. The summed E-state index contributed by atoms with van der Waals surface area (Å²) in [6.07, 6.45) is 1.61. The number of hydrogen-bond donors (Lipinski definition) is 2. The van der Waals surface area contributed by atoms with Gasteiger partial charge in [0.15, 0.2) is 0 Å². The molecule has 1 amide bonds. The third-order valence-electron chi connectivity index (χ3n) is 2.48. The van der Waals surface area contributed by atoms with Crippen LogP contribution >= 0.6 is 15.9 Å². The standard InChI is InChI=1S/C14H14BrN3O2/c1-2-20-14-12(4-3-5-17-14)18-13(19)9-6-10(15)8-11(16)7-9/h3-8H,2,16H2,1H3,(H,18,19). The topological polar surface area (TPSA) is 77.2 Å². The van der Waals surface area contributed by atoms with Gasteiger partial charge in [-0.25, -0.2) is 4.98 Å². The van der Waals surface area contributed by atoms with Crippen molar-refractivity contribution in [2.75, 3.05) is 17.7 Å². The largest absolute Gasteiger partial charge is 0.476 e. The minimum Gasteiger partial charge on any atom is -0.476 e. The zero-order valence-corrected chi connectivity index (χ0v) is 12.5. The fraction of sp³-hybridized carbons (Fsp3) is 0.143. The molecule has 0 unspecified atom stereocenters. The third-order valence-corrected chi connectivity index (χ3v) is 2.94. The summed E-state index contributed by atoms with van der Waals surface area (Å²) in [5, 5.41) is 2.76. The average Bonchev–Trinajstić information content (AvgIpc) is 2.40. The molecular formula is C14H14BrN3O2. The molecule has 2 aromatic rings. The van der Waals surface area contributed by atoms with Gasteiger partial charge in [-0.3, -0.25) is 4.79 Å². The van der Waals surface area contributed by atoms with Crippen LogP contribution in [0, 0.1) is 0 Å². The quantitative estimate of drug-likeness (QED) is 0.841. The van der Waals surface area contributed by atoms with E-state index in [-0.39, 0.29) is 5.91 Å². The van der Waals surface area contributed by atoms with Crippen LogP contribution in [-0.2, 0) is 0 Å². The van der Waals surface area contributed by atoms with Crippen molar-refractivity contribution in [2.24, 2.45) is 0 Å². The van der Waals surface area contributed by atoms with E-state index in [0.29, 0.717) is 29.4 Å². The second-order valence-electron chi connectivity index (χ2n) is 4.02. The number of anilines is 2. The zero-order chi connectivity index (χ0) is 14.5. The molecule has 1 heterocycles. The van der Waals surface area contributed by atoms with E-state index in [4.69, 9.17) is 10.5 Å². The summed E-state index contributed by atoms with van der Waals surface area (Å²) in [6.45, 7) is 2.33. The second-order valence-corrected chi connectivity index (χ2v) is 4.93. The molecule has 6 heteroatoms. The van der Waals surface area contributed by atoms with Gasteiger partial charge in [0.1, 0.15) is 5.69 Å². The number of benzene rings is 1. The molecule has 104 valence electrons. The minimum atomic E-state index is -0.271. The van der Waals surface area contributed by atoms with Crippen molar-refractivity contribution >= 4 is 33.2 Å². The number of nitrogens with two attached hydrogens (primary N) is 1. The van der Waals surface area contributed by atoms with Crippen LogP contribution < -0.4 is 15.8 Å². The average molecular weight is 336 g/mol. The van der Waals surface area contributed by atoms with Crippen LogP contribution in [0.4, 0.5) is 11.4 Å². The molecule has 2 rings (SSSR count). The molecule has 0 fully saturated rings. The lowest BCUT2D eigenvalue weighted by Gasteiger charge is -2.10. The number of nitrogen functional groups attached to an aromatic ring is 1. The molecule has 0 aliphatic rings. The van der Waals surface area contributed by atoms with E-state index in [1.807, 2.05) is 6.92 Å². The first-order chi connectivity index (χ1) is 9.60. The summed E-state index contributed by atoms with van der Waals surface area (Å²) in [5.41, 5.74) is 7.22. The number of halogens is 1. The number of ether oxygens (including phenoxy) is 1. The Morgan fingerprint density at radius 1 is 1.45 bits per heavy atom. The van der Waals surface area contributed by atoms with Crippen molar-refractivity contribution < 1.29 is 9.53 Å². The normalized spacial score (nSPS) is 10.1. The smallest absolute Gasteiger partial charge is 0.255 e. The van der Waals surface area contributed by atoms with Crippen molar-refractivity contribution in [1.82, 2.24) is 4.98 Å². The number of nitrogens with one attached hydrogen (secondary N) is 1. The predicted octanol–water partition coefficient (Wildman–Crippen LogP) is 3.08. The molecule has 0 bridgehead atoms.